The maximum absolute atomic E-state index is 12.4. The average molecular weight is 347 g/mol. The van der Waals surface area contributed by atoms with E-state index < -0.39 is 0 Å². The van der Waals surface area contributed by atoms with Crippen LogP contribution in [0.1, 0.15) is 23.8 Å². The second-order valence-corrected chi connectivity index (χ2v) is 6.89. The number of rotatable bonds is 6. The Hall–Kier alpha value is -2.05. The number of nitrogens with one attached hydrogen (secondary N) is 2. The molecule has 1 unspecified atom stereocenters. The zero-order valence-electron chi connectivity index (χ0n) is 14.0. The molecule has 6 heteroatoms. The van der Waals surface area contributed by atoms with E-state index in [9.17, 15) is 4.79 Å². The maximum Gasteiger partial charge on any atom is 0.279 e. The molecule has 0 bridgehead atoms. The fourth-order valence-corrected chi connectivity index (χ4v) is 4.20. The summed E-state index contributed by atoms with van der Waals surface area (Å²) in [6.45, 7) is 1.53. The second kappa shape index (κ2) is 7.68. The van der Waals surface area contributed by atoms with Gasteiger partial charge in [-0.25, -0.2) is 0 Å². The summed E-state index contributed by atoms with van der Waals surface area (Å²) < 4.78 is 10.5. The van der Waals surface area contributed by atoms with E-state index in [-0.39, 0.29) is 5.91 Å². The number of methoxy groups -OCH3 is 2. The highest BCUT2D eigenvalue weighted by atomic mass is 32.1. The number of thiophene rings is 1. The van der Waals surface area contributed by atoms with Gasteiger partial charge in [-0.05, 0) is 23.6 Å². The summed E-state index contributed by atoms with van der Waals surface area (Å²) in [5.41, 5.74) is 0.726. The Bertz CT molecular complexity index is 688. The Morgan fingerprint density at radius 3 is 2.83 bits per heavy atom. The number of hydrogen-bond acceptors (Lipinski definition) is 4. The van der Waals surface area contributed by atoms with Crippen molar-refractivity contribution in [1.82, 2.24) is 0 Å². The Kier molecular flexibility index (Phi) is 5.37. The molecule has 3 rings (SSSR count). The van der Waals surface area contributed by atoms with E-state index in [0.29, 0.717) is 24.1 Å². The van der Waals surface area contributed by atoms with Crippen LogP contribution < -0.4 is 19.7 Å². The van der Waals surface area contributed by atoms with Gasteiger partial charge in [0.25, 0.3) is 5.91 Å². The number of carbonyl (C=O) groups excluding carboxylic acids is 1. The Balaban J connectivity index is 1.63. The highest BCUT2D eigenvalue weighted by Crippen LogP contribution is 2.29. The van der Waals surface area contributed by atoms with Crippen molar-refractivity contribution in [2.45, 2.75) is 18.9 Å². The number of quaternary nitrogens is 1. The molecule has 1 aliphatic rings. The largest absolute Gasteiger partial charge is 0.493 e. The van der Waals surface area contributed by atoms with Gasteiger partial charge in [0, 0.05) is 24.6 Å². The van der Waals surface area contributed by atoms with Gasteiger partial charge in [0.05, 0.1) is 25.6 Å². The molecular weight excluding hydrogens is 324 g/mol. The molecule has 2 aromatic rings. The van der Waals surface area contributed by atoms with Crippen LogP contribution in [0.4, 0.5) is 5.69 Å². The summed E-state index contributed by atoms with van der Waals surface area (Å²) in [6, 6.07) is 10.1. The predicted octanol–water partition coefficient (Wildman–Crippen LogP) is 2.12. The summed E-state index contributed by atoms with van der Waals surface area (Å²) in [7, 11) is 3.18. The van der Waals surface area contributed by atoms with Crippen molar-refractivity contribution in [2.24, 2.45) is 0 Å². The van der Waals surface area contributed by atoms with Crippen LogP contribution in [0.5, 0.6) is 11.5 Å². The van der Waals surface area contributed by atoms with Crippen LogP contribution in [0.25, 0.3) is 0 Å². The zero-order chi connectivity index (χ0) is 16.9. The molecule has 1 aromatic carbocycles. The summed E-state index contributed by atoms with van der Waals surface area (Å²) in [6.07, 6.45) is 2.32. The van der Waals surface area contributed by atoms with Crippen molar-refractivity contribution >= 4 is 22.9 Å². The first kappa shape index (κ1) is 16.8. The Morgan fingerprint density at radius 2 is 2.12 bits per heavy atom. The maximum atomic E-state index is 12.4. The molecule has 2 N–H and O–H groups in total. The van der Waals surface area contributed by atoms with Crippen molar-refractivity contribution in [3.63, 3.8) is 0 Å². The van der Waals surface area contributed by atoms with Crippen LogP contribution in [0, 0.1) is 0 Å². The lowest BCUT2D eigenvalue weighted by molar-refractivity contribution is -0.910. The molecule has 1 saturated heterocycles. The first-order valence-electron chi connectivity index (χ1n) is 8.11. The monoisotopic (exact) mass is 347 g/mol. The molecule has 24 heavy (non-hydrogen) atoms. The molecule has 128 valence electrons. The quantitative estimate of drug-likeness (QED) is 0.842. The lowest BCUT2D eigenvalue weighted by atomic mass is 10.2. The molecule has 0 saturated carbocycles. The topological polar surface area (TPSA) is 52.0 Å². The number of ether oxygens (including phenoxy) is 2. The fraction of sp³-hybridized carbons (Fsp3) is 0.389. The van der Waals surface area contributed by atoms with Gasteiger partial charge < -0.3 is 19.7 Å². The van der Waals surface area contributed by atoms with E-state index >= 15 is 0 Å². The molecule has 1 amide bonds. The number of carbonyl (C=O) groups is 1. The highest BCUT2D eigenvalue weighted by Gasteiger charge is 2.32. The summed E-state index contributed by atoms with van der Waals surface area (Å²) in [4.78, 5) is 15.2. The first-order valence-corrected chi connectivity index (χ1v) is 8.99. The van der Waals surface area contributed by atoms with E-state index in [1.165, 1.54) is 16.2 Å². The standard InChI is InChI=1S/C18H22N2O3S/c1-22-15-8-7-13(11-16(15)23-2)19-18(21)12-20-9-3-5-14(20)17-6-4-10-24-17/h4,6-8,10-11,14H,3,5,9,12H2,1-2H3,(H,19,21)/p+1/t14-/m0/s1. The molecule has 1 aliphatic heterocycles. The minimum atomic E-state index is 0.0284. The Morgan fingerprint density at radius 1 is 1.29 bits per heavy atom. The zero-order valence-corrected chi connectivity index (χ0v) is 14.8. The van der Waals surface area contributed by atoms with Crippen molar-refractivity contribution in [3.8, 4) is 11.5 Å². The summed E-state index contributed by atoms with van der Waals surface area (Å²) in [5, 5.41) is 5.07. The van der Waals surface area contributed by atoms with Gasteiger partial charge in [-0.15, -0.1) is 11.3 Å². The van der Waals surface area contributed by atoms with E-state index in [2.05, 4.69) is 22.8 Å². The van der Waals surface area contributed by atoms with E-state index in [1.54, 1.807) is 37.7 Å². The molecule has 2 atom stereocenters. The van der Waals surface area contributed by atoms with Crippen molar-refractivity contribution in [2.75, 3.05) is 32.6 Å². The molecule has 2 heterocycles. The lowest BCUT2D eigenvalue weighted by Gasteiger charge is -2.20. The molecule has 0 radical (unpaired) electrons. The number of benzene rings is 1. The van der Waals surface area contributed by atoms with Gasteiger partial charge >= 0.3 is 0 Å². The molecule has 5 nitrogen and oxygen atoms in total. The van der Waals surface area contributed by atoms with Crippen molar-refractivity contribution in [3.05, 3.63) is 40.6 Å². The van der Waals surface area contributed by atoms with Gasteiger partial charge in [0.2, 0.25) is 0 Å². The third-order valence-corrected chi connectivity index (χ3v) is 5.41. The van der Waals surface area contributed by atoms with Gasteiger partial charge in [0.15, 0.2) is 18.0 Å². The van der Waals surface area contributed by atoms with Crippen molar-refractivity contribution in [1.29, 1.82) is 0 Å². The van der Waals surface area contributed by atoms with Crippen LogP contribution in [0.2, 0.25) is 0 Å². The minimum Gasteiger partial charge on any atom is -0.493 e. The molecule has 1 aromatic heterocycles. The second-order valence-electron chi connectivity index (χ2n) is 5.91. The van der Waals surface area contributed by atoms with E-state index in [0.717, 1.165) is 18.7 Å². The minimum absolute atomic E-state index is 0.0284. The normalized spacial score (nSPS) is 19.9. The first-order chi connectivity index (χ1) is 11.7. The Labute approximate surface area is 146 Å². The number of anilines is 1. The number of amides is 1. The van der Waals surface area contributed by atoms with Crippen LogP contribution in [0.3, 0.4) is 0 Å². The highest BCUT2D eigenvalue weighted by molar-refractivity contribution is 7.10. The van der Waals surface area contributed by atoms with E-state index in [4.69, 9.17) is 9.47 Å². The molecule has 1 fully saturated rings. The average Bonchev–Trinajstić information content (AvgIpc) is 3.25. The SMILES string of the molecule is COc1ccc(NC(=O)C[NH+]2CCC[C@H]2c2cccs2)cc1OC. The lowest BCUT2D eigenvalue weighted by Crippen LogP contribution is -3.11. The smallest absolute Gasteiger partial charge is 0.279 e. The van der Waals surface area contributed by atoms with Crippen LogP contribution >= 0.6 is 11.3 Å². The third-order valence-electron chi connectivity index (χ3n) is 4.43. The summed E-state index contributed by atoms with van der Waals surface area (Å²) >= 11 is 1.78. The van der Waals surface area contributed by atoms with Crippen LogP contribution in [-0.2, 0) is 4.79 Å². The number of hydrogen-bond donors (Lipinski definition) is 2. The molecule has 0 aliphatic carbocycles. The van der Waals surface area contributed by atoms with Crippen LogP contribution in [-0.4, -0.2) is 33.2 Å². The van der Waals surface area contributed by atoms with Gasteiger partial charge in [0.1, 0.15) is 6.04 Å². The van der Waals surface area contributed by atoms with Gasteiger partial charge in [-0.2, -0.15) is 0 Å². The van der Waals surface area contributed by atoms with Gasteiger partial charge in [-0.3, -0.25) is 4.79 Å². The summed E-state index contributed by atoms with van der Waals surface area (Å²) in [5.74, 6) is 1.29. The number of likely N-dealkylation sites (tertiary alicyclic amines) is 1. The van der Waals surface area contributed by atoms with Crippen molar-refractivity contribution < 1.29 is 19.2 Å². The predicted molar refractivity (Wildman–Crippen MR) is 95.2 cm³/mol. The fourth-order valence-electron chi connectivity index (χ4n) is 3.28. The molecular formula is C18H23N2O3S+. The van der Waals surface area contributed by atoms with Crippen LogP contribution in [0.15, 0.2) is 35.7 Å². The van der Waals surface area contributed by atoms with Gasteiger partial charge in [-0.1, -0.05) is 6.07 Å². The third kappa shape index (κ3) is 3.71. The molecule has 0 spiro atoms. The van der Waals surface area contributed by atoms with E-state index in [1.807, 2.05) is 6.07 Å².